The van der Waals surface area contributed by atoms with Crippen LogP contribution in [0.5, 0.6) is 0 Å². The molecule has 2 rings (SSSR count). The van der Waals surface area contributed by atoms with Gasteiger partial charge in [0.05, 0.1) is 6.26 Å². The molecule has 1 aromatic heterocycles. The number of aryl methyl sites for hydroxylation is 1. The molecule has 2 aromatic rings. The molecule has 0 aliphatic rings. The van der Waals surface area contributed by atoms with Crippen molar-refractivity contribution in [3.63, 3.8) is 0 Å². The molecule has 7 heteroatoms. The second kappa shape index (κ2) is 7.65. The largest absolute Gasteiger partial charge is 0.479 e. The smallest absolute Gasteiger partial charge is 0.330 e. The number of amides is 2. The Morgan fingerprint density at radius 2 is 1.80 bits per heavy atom. The van der Waals surface area contributed by atoms with Crippen LogP contribution in [0.4, 0.5) is 0 Å². The van der Waals surface area contributed by atoms with E-state index in [0.29, 0.717) is 5.56 Å². The van der Waals surface area contributed by atoms with Gasteiger partial charge in [0.15, 0.2) is 11.8 Å². The van der Waals surface area contributed by atoms with E-state index >= 15 is 0 Å². The third-order valence-corrected chi connectivity index (χ3v) is 3.98. The zero-order valence-electron chi connectivity index (χ0n) is 14.2. The van der Waals surface area contributed by atoms with Gasteiger partial charge in [-0.25, -0.2) is 4.79 Å². The zero-order chi connectivity index (χ0) is 18.6. The number of carbonyl (C=O) groups excluding carboxylic acids is 2. The molecule has 2 atom stereocenters. The number of nitrogens with one attached hydrogen (secondary N) is 2. The molecule has 25 heavy (non-hydrogen) atoms. The number of hydrogen-bond acceptors (Lipinski definition) is 4. The van der Waals surface area contributed by atoms with Crippen LogP contribution in [0.2, 0.25) is 0 Å². The summed E-state index contributed by atoms with van der Waals surface area (Å²) in [5.41, 5.74) is 2.23. The van der Waals surface area contributed by atoms with Gasteiger partial charge in [-0.05, 0) is 49.6 Å². The van der Waals surface area contributed by atoms with Crippen molar-refractivity contribution in [1.82, 2.24) is 10.6 Å². The molecule has 0 aliphatic heterocycles. The summed E-state index contributed by atoms with van der Waals surface area (Å²) >= 11 is 0. The Labute approximate surface area is 145 Å². The molecule has 7 nitrogen and oxygen atoms in total. The van der Waals surface area contributed by atoms with Gasteiger partial charge in [0.25, 0.3) is 5.91 Å². The monoisotopic (exact) mass is 344 g/mol. The SMILES string of the molecule is Cc1cccc(C(NC(=O)C(C)NC(=O)c2ccco2)C(=O)O)c1C. The van der Waals surface area contributed by atoms with E-state index in [0.717, 1.165) is 11.1 Å². The summed E-state index contributed by atoms with van der Waals surface area (Å²) in [5, 5.41) is 14.4. The van der Waals surface area contributed by atoms with E-state index in [1.54, 1.807) is 25.1 Å². The van der Waals surface area contributed by atoms with Crippen LogP contribution in [0.25, 0.3) is 0 Å². The molecular weight excluding hydrogens is 324 g/mol. The van der Waals surface area contributed by atoms with E-state index in [1.165, 1.54) is 19.3 Å². The lowest BCUT2D eigenvalue weighted by Gasteiger charge is -2.20. The Balaban J connectivity index is 2.11. The third kappa shape index (κ3) is 4.26. The summed E-state index contributed by atoms with van der Waals surface area (Å²) in [6.45, 7) is 5.14. The number of furan rings is 1. The molecule has 0 saturated heterocycles. The predicted octanol–water partition coefficient (Wildman–Crippen LogP) is 1.96. The Morgan fingerprint density at radius 3 is 2.40 bits per heavy atom. The molecule has 2 unspecified atom stereocenters. The molecule has 0 spiro atoms. The second-order valence-electron chi connectivity index (χ2n) is 5.74. The lowest BCUT2D eigenvalue weighted by Crippen LogP contribution is -2.47. The Morgan fingerprint density at radius 1 is 1.08 bits per heavy atom. The van der Waals surface area contributed by atoms with Crippen LogP contribution in [0.1, 0.15) is 40.2 Å². The normalized spacial score (nSPS) is 12.9. The van der Waals surface area contributed by atoms with Crippen molar-refractivity contribution in [3.05, 3.63) is 59.0 Å². The summed E-state index contributed by atoms with van der Waals surface area (Å²) in [6, 6.07) is 6.16. The van der Waals surface area contributed by atoms with E-state index in [9.17, 15) is 19.5 Å². The van der Waals surface area contributed by atoms with Gasteiger partial charge in [-0.2, -0.15) is 0 Å². The molecule has 0 aliphatic carbocycles. The van der Waals surface area contributed by atoms with Gasteiger partial charge in [0, 0.05) is 0 Å². The quantitative estimate of drug-likeness (QED) is 0.742. The standard InChI is InChI=1S/C18H20N2O5/c1-10-6-4-7-13(11(10)2)15(18(23)24)20-16(21)12(3)19-17(22)14-8-5-9-25-14/h4-9,12,15H,1-3H3,(H,19,22)(H,20,21)(H,23,24). The van der Waals surface area contributed by atoms with Crippen molar-refractivity contribution in [2.45, 2.75) is 32.9 Å². The summed E-state index contributed by atoms with van der Waals surface area (Å²) in [6.07, 6.45) is 1.35. The van der Waals surface area contributed by atoms with Gasteiger partial charge in [0.1, 0.15) is 6.04 Å². The first kappa shape index (κ1) is 18.3. The number of hydrogen-bond donors (Lipinski definition) is 3. The van der Waals surface area contributed by atoms with E-state index in [-0.39, 0.29) is 5.76 Å². The molecule has 1 heterocycles. The van der Waals surface area contributed by atoms with Gasteiger partial charge in [0.2, 0.25) is 5.91 Å². The van der Waals surface area contributed by atoms with Gasteiger partial charge in [-0.3, -0.25) is 9.59 Å². The van der Waals surface area contributed by atoms with Gasteiger partial charge in [-0.15, -0.1) is 0 Å². The molecular formula is C18H20N2O5. The Hall–Kier alpha value is -3.09. The fraction of sp³-hybridized carbons (Fsp3) is 0.278. The number of carbonyl (C=O) groups is 3. The minimum absolute atomic E-state index is 0.0731. The van der Waals surface area contributed by atoms with Crippen LogP contribution in [-0.4, -0.2) is 28.9 Å². The topological polar surface area (TPSA) is 109 Å². The molecule has 0 radical (unpaired) electrons. The van der Waals surface area contributed by atoms with E-state index < -0.39 is 29.9 Å². The minimum Gasteiger partial charge on any atom is -0.479 e. The van der Waals surface area contributed by atoms with Gasteiger partial charge >= 0.3 is 5.97 Å². The highest BCUT2D eigenvalue weighted by Gasteiger charge is 2.27. The summed E-state index contributed by atoms with van der Waals surface area (Å²) < 4.78 is 4.96. The molecule has 1 aromatic carbocycles. The molecule has 132 valence electrons. The van der Waals surface area contributed by atoms with Crippen LogP contribution >= 0.6 is 0 Å². The van der Waals surface area contributed by atoms with Gasteiger partial charge < -0.3 is 20.2 Å². The zero-order valence-corrected chi connectivity index (χ0v) is 14.2. The first-order chi connectivity index (χ1) is 11.8. The number of aliphatic carboxylic acids is 1. The number of benzene rings is 1. The molecule has 0 fully saturated rings. The molecule has 0 bridgehead atoms. The fourth-order valence-electron chi connectivity index (χ4n) is 2.37. The van der Waals surface area contributed by atoms with Crippen molar-refractivity contribution in [2.75, 3.05) is 0 Å². The summed E-state index contributed by atoms with van der Waals surface area (Å²) in [7, 11) is 0. The van der Waals surface area contributed by atoms with E-state index in [2.05, 4.69) is 10.6 Å². The lowest BCUT2D eigenvalue weighted by atomic mass is 9.97. The van der Waals surface area contributed by atoms with Crippen LogP contribution in [0.3, 0.4) is 0 Å². The maximum absolute atomic E-state index is 12.3. The maximum atomic E-state index is 12.3. The fourth-order valence-corrected chi connectivity index (χ4v) is 2.37. The van der Waals surface area contributed by atoms with Gasteiger partial charge in [-0.1, -0.05) is 18.2 Å². The highest BCUT2D eigenvalue weighted by Crippen LogP contribution is 2.21. The first-order valence-corrected chi connectivity index (χ1v) is 7.75. The van der Waals surface area contributed by atoms with Crippen LogP contribution < -0.4 is 10.6 Å². The first-order valence-electron chi connectivity index (χ1n) is 7.75. The molecule has 3 N–H and O–H groups in total. The maximum Gasteiger partial charge on any atom is 0.330 e. The molecule has 2 amide bonds. The van der Waals surface area contributed by atoms with Crippen molar-refractivity contribution in [1.29, 1.82) is 0 Å². The van der Waals surface area contributed by atoms with Crippen LogP contribution in [0.15, 0.2) is 41.0 Å². The number of carboxylic acids is 1. The number of carboxylic acid groups (broad SMARTS) is 1. The average Bonchev–Trinajstić information content (AvgIpc) is 3.09. The van der Waals surface area contributed by atoms with Crippen molar-refractivity contribution in [2.24, 2.45) is 0 Å². The minimum atomic E-state index is -1.20. The van der Waals surface area contributed by atoms with Crippen molar-refractivity contribution >= 4 is 17.8 Å². The van der Waals surface area contributed by atoms with Crippen LogP contribution in [-0.2, 0) is 9.59 Å². The van der Waals surface area contributed by atoms with Crippen molar-refractivity contribution < 1.29 is 23.9 Å². The summed E-state index contributed by atoms with van der Waals surface area (Å²) in [5.74, 6) is -2.25. The number of rotatable bonds is 6. The highest BCUT2D eigenvalue weighted by molar-refractivity contribution is 5.96. The lowest BCUT2D eigenvalue weighted by molar-refractivity contribution is -0.142. The second-order valence-corrected chi connectivity index (χ2v) is 5.74. The van der Waals surface area contributed by atoms with E-state index in [4.69, 9.17) is 4.42 Å². The predicted molar refractivity (Wildman–Crippen MR) is 90.1 cm³/mol. The highest BCUT2D eigenvalue weighted by atomic mass is 16.4. The summed E-state index contributed by atoms with van der Waals surface area (Å²) in [4.78, 5) is 35.8. The Kier molecular flexibility index (Phi) is 5.59. The average molecular weight is 344 g/mol. The van der Waals surface area contributed by atoms with Crippen LogP contribution in [0, 0.1) is 13.8 Å². The third-order valence-electron chi connectivity index (χ3n) is 3.98. The molecule has 0 saturated carbocycles. The Bertz CT molecular complexity index is 783. The van der Waals surface area contributed by atoms with Crippen molar-refractivity contribution in [3.8, 4) is 0 Å². The van der Waals surface area contributed by atoms with E-state index in [1.807, 2.05) is 13.0 Å².